The van der Waals surface area contributed by atoms with Crippen molar-refractivity contribution in [2.45, 2.75) is 13.8 Å². The molecule has 0 spiro atoms. The summed E-state index contributed by atoms with van der Waals surface area (Å²) in [5.41, 5.74) is 3.32. The SMILES string of the molecule is Cc1cc(C(=O)c2ccc3c(c2)OCCO3)c(C)cc1Br. The fourth-order valence-electron chi connectivity index (χ4n) is 2.37. The van der Waals surface area contributed by atoms with E-state index in [0.717, 1.165) is 15.6 Å². The zero-order chi connectivity index (χ0) is 15.0. The van der Waals surface area contributed by atoms with Crippen molar-refractivity contribution in [2.24, 2.45) is 0 Å². The van der Waals surface area contributed by atoms with Crippen molar-refractivity contribution in [3.63, 3.8) is 0 Å². The Bertz CT molecular complexity index is 722. The topological polar surface area (TPSA) is 35.5 Å². The minimum atomic E-state index is 0.0000680. The lowest BCUT2D eigenvalue weighted by atomic mass is 9.97. The summed E-state index contributed by atoms with van der Waals surface area (Å²) in [6.07, 6.45) is 0. The van der Waals surface area contributed by atoms with Crippen LogP contribution in [0.15, 0.2) is 34.8 Å². The van der Waals surface area contributed by atoms with Crippen molar-refractivity contribution in [2.75, 3.05) is 13.2 Å². The van der Waals surface area contributed by atoms with E-state index in [4.69, 9.17) is 9.47 Å². The Morgan fingerprint density at radius 2 is 1.71 bits per heavy atom. The average molecular weight is 347 g/mol. The molecule has 1 aliphatic rings. The van der Waals surface area contributed by atoms with Gasteiger partial charge in [-0.3, -0.25) is 4.79 Å². The van der Waals surface area contributed by atoms with Crippen LogP contribution in [0.3, 0.4) is 0 Å². The van der Waals surface area contributed by atoms with E-state index in [1.807, 2.05) is 26.0 Å². The molecule has 0 aliphatic carbocycles. The lowest BCUT2D eigenvalue weighted by Crippen LogP contribution is -2.16. The Kier molecular flexibility index (Phi) is 3.72. The average Bonchev–Trinajstić information content (AvgIpc) is 2.50. The maximum atomic E-state index is 12.7. The molecule has 1 heterocycles. The molecule has 0 radical (unpaired) electrons. The summed E-state index contributed by atoms with van der Waals surface area (Å²) in [4.78, 5) is 12.7. The van der Waals surface area contributed by atoms with Crippen molar-refractivity contribution >= 4 is 21.7 Å². The minimum Gasteiger partial charge on any atom is -0.486 e. The molecule has 3 rings (SSSR count). The molecule has 0 saturated heterocycles. The van der Waals surface area contributed by atoms with Gasteiger partial charge in [0.25, 0.3) is 0 Å². The normalized spacial score (nSPS) is 13.1. The van der Waals surface area contributed by atoms with Gasteiger partial charge >= 0.3 is 0 Å². The van der Waals surface area contributed by atoms with Gasteiger partial charge in [-0.25, -0.2) is 0 Å². The largest absolute Gasteiger partial charge is 0.486 e. The number of halogens is 1. The Labute approximate surface area is 132 Å². The smallest absolute Gasteiger partial charge is 0.193 e. The molecule has 0 aromatic heterocycles. The van der Waals surface area contributed by atoms with Gasteiger partial charge in [-0.1, -0.05) is 15.9 Å². The predicted octanol–water partition coefficient (Wildman–Crippen LogP) is 4.07. The molecule has 108 valence electrons. The van der Waals surface area contributed by atoms with Gasteiger partial charge in [-0.15, -0.1) is 0 Å². The Morgan fingerprint density at radius 3 is 2.48 bits per heavy atom. The number of benzene rings is 2. The predicted molar refractivity (Wildman–Crippen MR) is 84.5 cm³/mol. The van der Waals surface area contributed by atoms with Crippen molar-refractivity contribution in [3.05, 3.63) is 57.1 Å². The van der Waals surface area contributed by atoms with E-state index in [1.54, 1.807) is 18.2 Å². The number of hydrogen-bond donors (Lipinski definition) is 0. The molecule has 1 aliphatic heterocycles. The van der Waals surface area contributed by atoms with Gasteiger partial charge in [-0.2, -0.15) is 0 Å². The highest BCUT2D eigenvalue weighted by Gasteiger charge is 2.18. The summed E-state index contributed by atoms with van der Waals surface area (Å²) in [6, 6.07) is 9.22. The first-order chi connectivity index (χ1) is 10.1. The number of hydrogen-bond acceptors (Lipinski definition) is 3. The highest BCUT2D eigenvalue weighted by molar-refractivity contribution is 9.10. The quantitative estimate of drug-likeness (QED) is 0.769. The standard InChI is InChI=1S/C17H15BrO3/c1-10-8-14(18)11(2)7-13(10)17(19)12-3-4-15-16(9-12)21-6-5-20-15/h3-4,7-9H,5-6H2,1-2H3. The first-order valence-electron chi connectivity index (χ1n) is 6.77. The summed E-state index contributed by atoms with van der Waals surface area (Å²) in [6.45, 7) is 4.98. The van der Waals surface area contributed by atoms with Crippen molar-refractivity contribution in [1.82, 2.24) is 0 Å². The fraction of sp³-hybridized carbons (Fsp3) is 0.235. The maximum Gasteiger partial charge on any atom is 0.193 e. The first kappa shape index (κ1) is 14.1. The zero-order valence-corrected chi connectivity index (χ0v) is 13.5. The molecule has 2 aromatic rings. The molecular weight excluding hydrogens is 332 g/mol. The van der Waals surface area contributed by atoms with Gasteiger partial charge in [0.1, 0.15) is 13.2 Å². The van der Waals surface area contributed by atoms with Gasteiger partial charge in [-0.05, 0) is 55.3 Å². The molecule has 3 nitrogen and oxygen atoms in total. The summed E-state index contributed by atoms with van der Waals surface area (Å²) in [5, 5.41) is 0. The monoisotopic (exact) mass is 346 g/mol. The van der Waals surface area contributed by atoms with Crippen LogP contribution in [0, 0.1) is 13.8 Å². The van der Waals surface area contributed by atoms with E-state index in [1.165, 1.54) is 0 Å². The van der Waals surface area contributed by atoms with E-state index < -0.39 is 0 Å². The molecule has 0 amide bonds. The number of ketones is 1. The molecule has 0 N–H and O–H groups in total. The van der Waals surface area contributed by atoms with E-state index in [-0.39, 0.29) is 5.78 Å². The number of carbonyl (C=O) groups is 1. The van der Waals surface area contributed by atoms with Crippen LogP contribution in [0.25, 0.3) is 0 Å². The molecule has 0 unspecified atom stereocenters. The fourth-order valence-corrected chi connectivity index (χ4v) is 2.82. The van der Waals surface area contributed by atoms with Crippen molar-refractivity contribution in [1.29, 1.82) is 0 Å². The third-order valence-corrected chi connectivity index (χ3v) is 4.41. The lowest BCUT2D eigenvalue weighted by molar-refractivity contribution is 0.103. The second kappa shape index (κ2) is 5.53. The molecular formula is C17H15BrO3. The molecule has 0 saturated carbocycles. The second-order valence-corrected chi connectivity index (χ2v) is 5.96. The molecule has 4 heteroatoms. The number of fused-ring (bicyclic) bond motifs is 1. The van der Waals surface area contributed by atoms with E-state index in [0.29, 0.717) is 35.8 Å². The molecule has 0 bridgehead atoms. The summed E-state index contributed by atoms with van der Waals surface area (Å²) in [7, 11) is 0. The Morgan fingerprint density at radius 1 is 1.00 bits per heavy atom. The van der Waals surface area contributed by atoms with Gasteiger partial charge in [0.15, 0.2) is 17.3 Å². The van der Waals surface area contributed by atoms with Crippen LogP contribution in [-0.4, -0.2) is 19.0 Å². The highest BCUT2D eigenvalue weighted by atomic mass is 79.9. The summed E-state index contributed by atoms with van der Waals surface area (Å²) in [5.74, 6) is 1.33. The summed E-state index contributed by atoms with van der Waals surface area (Å²) >= 11 is 3.49. The lowest BCUT2D eigenvalue weighted by Gasteiger charge is -2.18. The first-order valence-corrected chi connectivity index (χ1v) is 7.56. The third kappa shape index (κ3) is 2.68. The van der Waals surface area contributed by atoms with Gasteiger partial charge in [0, 0.05) is 15.6 Å². The van der Waals surface area contributed by atoms with Crippen LogP contribution in [0.5, 0.6) is 11.5 Å². The van der Waals surface area contributed by atoms with E-state index in [9.17, 15) is 4.79 Å². The molecule has 21 heavy (non-hydrogen) atoms. The van der Waals surface area contributed by atoms with Crippen LogP contribution in [0.4, 0.5) is 0 Å². The summed E-state index contributed by atoms with van der Waals surface area (Å²) < 4.78 is 12.0. The van der Waals surface area contributed by atoms with Gasteiger partial charge in [0.2, 0.25) is 0 Å². The second-order valence-electron chi connectivity index (χ2n) is 5.10. The Balaban J connectivity index is 2.01. The highest BCUT2D eigenvalue weighted by Crippen LogP contribution is 2.32. The molecule has 2 aromatic carbocycles. The third-order valence-electron chi connectivity index (χ3n) is 3.55. The van der Waals surface area contributed by atoms with Crippen molar-refractivity contribution < 1.29 is 14.3 Å². The van der Waals surface area contributed by atoms with Crippen LogP contribution in [0.1, 0.15) is 27.0 Å². The minimum absolute atomic E-state index is 0.0000680. The van der Waals surface area contributed by atoms with Crippen LogP contribution < -0.4 is 9.47 Å². The van der Waals surface area contributed by atoms with Crippen LogP contribution >= 0.6 is 15.9 Å². The number of ether oxygens (including phenoxy) is 2. The van der Waals surface area contributed by atoms with Crippen molar-refractivity contribution in [3.8, 4) is 11.5 Å². The van der Waals surface area contributed by atoms with Crippen LogP contribution in [-0.2, 0) is 0 Å². The number of aryl methyl sites for hydroxylation is 2. The van der Waals surface area contributed by atoms with E-state index in [2.05, 4.69) is 15.9 Å². The van der Waals surface area contributed by atoms with E-state index >= 15 is 0 Å². The zero-order valence-electron chi connectivity index (χ0n) is 11.9. The van der Waals surface area contributed by atoms with Gasteiger partial charge in [0.05, 0.1) is 0 Å². The van der Waals surface area contributed by atoms with Gasteiger partial charge < -0.3 is 9.47 Å². The van der Waals surface area contributed by atoms with Crippen LogP contribution in [0.2, 0.25) is 0 Å². The maximum absolute atomic E-state index is 12.7. The number of rotatable bonds is 2. The molecule has 0 fully saturated rings. The Hall–Kier alpha value is -1.81. The molecule has 0 atom stereocenters. The number of carbonyl (C=O) groups excluding carboxylic acids is 1.